The monoisotopic (exact) mass is 371 g/mol. The third-order valence-corrected chi connectivity index (χ3v) is 4.55. The van der Waals surface area contributed by atoms with Crippen molar-refractivity contribution in [2.75, 3.05) is 5.32 Å². The zero-order valence-electron chi connectivity index (χ0n) is 15.4. The van der Waals surface area contributed by atoms with Gasteiger partial charge < -0.3 is 5.32 Å². The molecule has 0 fully saturated rings. The number of aromatic nitrogens is 8. The Morgan fingerprint density at radius 2 is 1.82 bits per heavy atom. The molecule has 0 saturated carbocycles. The van der Waals surface area contributed by atoms with Crippen molar-refractivity contribution in [1.29, 1.82) is 0 Å². The lowest BCUT2D eigenvalue weighted by molar-refractivity contribution is 0.777. The zero-order chi connectivity index (χ0) is 19.1. The summed E-state index contributed by atoms with van der Waals surface area (Å²) in [5, 5.41) is 17.4. The fourth-order valence-corrected chi connectivity index (χ4v) is 3.15. The molecular weight excluding hydrogens is 354 g/mol. The van der Waals surface area contributed by atoms with Gasteiger partial charge in [0, 0.05) is 31.8 Å². The first-order valence-corrected chi connectivity index (χ1v) is 8.73. The Morgan fingerprint density at radius 3 is 2.61 bits per heavy atom. The van der Waals surface area contributed by atoms with E-state index in [9.17, 15) is 0 Å². The molecule has 4 aromatic heterocycles. The first-order chi connectivity index (χ1) is 13.7. The number of nitrogens with zero attached hydrogens (tertiary/aromatic N) is 8. The van der Waals surface area contributed by atoms with Crippen molar-refractivity contribution in [1.82, 2.24) is 39.3 Å². The van der Waals surface area contributed by atoms with Crippen LogP contribution in [0.25, 0.3) is 28.0 Å². The van der Waals surface area contributed by atoms with Crippen LogP contribution in [-0.2, 0) is 14.1 Å². The second-order valence-electron chi connectivity index (χ2n) is 6.40. The van der Waals surface area contributed by atoms with Gasteiger partial charge in [0.1, 0.15) is 24.3 Å². The highest BCUT2D eigenvalue weighted by molar-refractivity contribution is 5.86. The van der Waals surface area contributed by atoms with Crippen molar-refractivity contribution < 1.29 is 0 Å². The highest BCUT2D eigenvalue weighted by Crippen LogP contribution is 2.27. The molecule has 0 saturated heterocycles. The minimum absolute atomic E-state index is 0.671. The van der Waals surface area contributed by atoms with E-state index in [1.165, 1.54) is 6.33 Å². The summed E-state index contributed by atoms with van der Waals surface area (Å²) in [5.74, 6) is 1.50. The molecule has 1 aromatic carbocycles. The minimum atomic E-state index is 0.671. The van der Waals surface area contributed by atoms with Gasteiger partial charge in [0.2, 0.25) is 0 Å². The summed E-state index contributed by atoms with van der Waals surface area (Å²) in [7, 11) is 3.76. The van der Waals surface area contributed by atoms with Crippen LogP contribution in [0.5, 0.6) is 0 Å². The van der Waals surface area contributed by atoms with Crippen molar-refractivity contribution >= 4 is 22.7 Å². The second kappa shape index (κ2) is 6.31. The highest BCUT2D eigenvalue weighted by atomic mass is 15.3. The topological polar surface area (TPSA) is 91.3 Å². The number of anilines is 2. The summed E-state index contributed by atoms with van der Waals surface area (Å²) in [6, 6.07) is 14.0. The van der Waals surface area contributed by atoms with Gasteiger partial charge in [-0.15, -0.1) is 0 Å². The molecule has 0 atom stereocenters. The molecule has 9 heteroatoms. The quantitative estimate of drug-likeness (QED) is 0.522. The van der Waals surface area contributed by atoms with Crippen LogP contribution < -0.4 is 5.32 Å². The standard InChI is InChI=1S/C19H17N9/c1-26-18(8-15(25-26)13-6-4-3-5-7-13)23-17-9-16(28-12-20-11-22-28)14-10-21-27(2)19(14)24-17/h3-12H,1-2H3,(H,23,24). The largest absolute Gasteiger partial charge is 0.325 e. The van der Waals surface area contributed by atoms with Gasteiger partial charge in [-0.05, 0) is 0 Å². The zero-order valence-corrected chi connectivity index (χ0v) is 15.4. The molecule has 0 aliphatic heterocycles. The average molecular weight is 371 g/mol. The molecule has 0 unspecified atom stereocenters. The maximum Gasteiger partial charge on any atom is 0.162 e. The molecule has 28 heavy (non-hydrogen) atoms. The van der Waals surface area contributed by atoms with Gasteiger partial charge >= 0.3 is 0 Å². The molecule has 4 heterocycles. The van der Waals surface area contributed by atoms with Crippen LogP contribution in [-0.4, -0.2) is 39.3 Å². The number of pyridine rings is 1. The maximum atomic E-state index is 4.71. The SMILES string of the molecule is Cn1nc(-c2ccccc2)cc1Nc1cc(-n2cncn2)c2cnn(C)c2n1. The maximum absolute atomic E-state index is 4.71. The second-order valence-corrected chi connectivity index (χ2v) is 6.40. The van der Waals surface area contributed by atoms with Crippen molar-refractivity contribution in [3.63, 3.8) is 0 Å². The van der Waals surface area contributed by atoms with E-state index in [2.05, 4.69) is 25.6 Å². The van der Waals surface area contributed by atoms with E-state index >= 15 is 0 Å². The third kappa shape index (κ3) is 2.69. The number of hydrogen-bond donors (Lipinski definition) is 1. The number of hydrogen-bond acceptors (Lipinski definition) is 6. The average Bonchev–Trinajstić information content (AvgIpc) is 3.45. The number of benzene rings is 1. The molecule has 0 aliphatic carbocycles. The first-order valence-electron chi connectivity index (χ1n) is 8.73. The molecule has 5 rings (SSSR count). The van der Waals surface area contributed by atoms with Gasteiger partial charge in [-0.25, -0.2) is 14.6 Å². The predicted molar refractivity (Wildman–Crippen MR) is 105 cm³/mol. The van der Waals surface area contributed by atoms with Crippen LogP contribution in [0, 0.1) is 0 Å². The summed E-state index contributed by atoms with van der Waals surface area (Å²) in [4.78, 5) is 8.76. The summed E-state index contributed by atoms with van der Waals surface area (Å²) in [5.41, 5.74) is 3.55. The minimum Gasteiger partial charge on any atom is -0.325 e. The molecule has 5 aromatic rings. The van der Waals surface area contributed by atoms with Gasteiger partial charge in [-0.1, -0.05) is 30.3 Å². The van der Waals surface area contributed by atoms with E-state index < -0.39 is 0 Å². The Hall–Kier alpha value is -4.01. The van der Waals surface area contributed by atoms with Gasteiger partial charge in [0.25, 0.3) is 0 Å². The predicted octanol–water partition coefficient (Wildman–Crippen LogP) is 2.69. The van der Waals surface area contributed by atoms with Crippen LogP contribution in [0.15, 0.2) is 61.3 Å². The molecule has 1 N–H and O–H groups in total. The van der Waals surface area contributed by atoms with E-state index in [0.717, 1.165) is 33.8 Å². The van der Waals surface area contributed by atoms with Crippen molar-refractivity contribution in [3.8, 4) is 16.9 Å². The molecule has 9 nitrogen and oxygen atoms in total. The van der Waals surface area contributed by atoms with Crippen molar-refractivity contribution in [2.45, 2.75) is 0 Å². The molecule has 0 bridgehead atoms. The number of aryl methyl sites for hydroxylation is 2. The molecule has 0 spiro atoms. The van der Waals surface area contributed by atoms with E-state index in [4.69, 9.17) is 4.98 Å². The fraction of sp³-hybridized carbons (Fsp3) is 0.105. The Morgan fingerprint density at radius 1 is 0.964 bits per heavy atom. The Balaban J connectivity index is 1.58. The Kier molecular flexibility index (Phi) is 3.64. The highest BCUT2D eigenvalue weighted by Gasteiger charge is 2.14. The van der Waals surface area contributed by atoms with E-state index in [1.807, 2.05) is 56.6 Å². The van der Waals surface area contributed by atoms with Crippen molar-refractivity contribution in [3.05, 3.63) is 61.3 Å². The first kappa shape index (κ1) is 16.2. The van der Waals surface area contributed by atoms with Crippen molar-refractivity contribution in [2.24, 2.45) is 14.1 Å². The van der Waals surface area contributed by atoms with Gasteiger partial charge in [-0.2, -0.15) is 15.3 Å². The van der Waals surface area contributed by atoms with Crippen LogP contribution in [0.1, 0.15) is 0 Å². The fourth-order valence-electron chi connectivity index (χ4n) is 3.15. The molecule has 0 aliphatic rings. The van der Waals surface area contributed by atoms with Crippen LogP contribution in [0.2, 0.25) is 0 Å². The lowest BCUT2D eigenvalue weighted by atomic mass is 10.1. The lowest BCUT2D eigenvalue weighted by Gasteiger charge is -2.09. The van der Waals surface area contributed by atoms with E-state index in [-0.39, 0.29) is 0 Å². The van der Waals surface area contributed by atoms with E-state index in [0.29, 0.717) is 5.82 Å². The normalized spacial score (nSPS) is 11.2. The third-order valence-electron chi connectivity index (χ3n) is 4.55. The van der Waals surface area contributed by atoms with Crippen LogP contribution >= 0.6 is 0 Å². The van der Waals surface area contributed by atoms with Gasteiger partial charge in [0.05, 0.1) is 23.0 Å². The molecule has 0 amide bonds. The smallest absolute Gasteiger partial charge is 0.162 e. The summed E-state index contributed by atoms with van der Waals surface area (Å²) in [6.07, 6.45) is 4.94. The van der Waals surface area contributed by atoms with Crippen LogP contribution in [0.4, 0.5) is 11.6 Å². The number of rotatable bonds is 4. The molecular formula is C19H17N9. The Bertz CT molecular complexity index is 1250. The Labute approximate surface area is 160 Å². The lowest BCUT2D eigenvalue weighted by Crippen LogP contribution is -2.04. The summed E-state index contributed by atoms with van der Waals surface area (Å²) >= 11 is 0. The number of nitrogens with one attached hydrogen (secondary N) is 1. The van der Waals surface area contributed by atoms with Crippen LogP contribution in [0.3, 0.4) is 0 Å². The van der Waals surface area contributed by atoms with Gasteiger partial charge in [0.15, 0.2) is 5.65 Å². The summed E-state index contributed by atoms with van der Waals surface area (Å²) < 4.78 is 5.24. The molecule has 138 valence electrons. The number of fused-ring (bicyclic) bond motifs is 1. The molecule has 0 radical (unpaired) electrons. The van der Waals surface area contributed by atoms with E-state index in [1.54, 1.807) is 26.6 Å². The summed E-state index contributed by atoms with van der Waals surface area (Å²) in [6.45, 7) is 0. The van der Waals surface area contributed by atoms with Gasteiger partial charge in [-0.3, -0.25) is 9.36 Å².